The van der Waals surface area contributed by atoms with Gasteiger partial charge >= 0.3 is 6.18 Å². The van der Waals surface area contributed by atoms with Crippen LogP contribution in [0.15, 0.2) is 42.7 Å². The molecule has 1 aromatic carbocycles. The minimum atomic E-state index is -4.46. The van der Waals surface area contributed by atoms with Crippen LogP contribution in [-0.2, 0) is 6.18 Å². The number of aromatic nitrogens is 4. The van der Waals surface area contributed by atoms with Crippen molar-refractivity contribution in [2.45, 2.75) is 25.4 Å². The van der Waals surface area contributed by atoms with Gasteiger partial charge in [0.05, 0.1) is 11.3 Å². The molecule has 1 fully saturated rings. The van der Waals surface area contributed by atoms with Gasteiger partial charge in [0.1, 0.15) is 12.1 Å². The maximum absolute atomic E-state index is 13.5. The number of nitrogens with zero attached hydrogens (tertiary/aromatic N) is 4. The second kappa shape index (κ2) is 7.49. The van der Waals surface area contributed by atoms with Gasteiger partial charge in [0.2, 0.25) is 5.95 Å². The number of aromatic amines is 1. The van der Waals surface area contributed by atoms with E-state index in [1.54, 1.807) is 12.1 Å². The Labute approximate surface area is 159 Å². The molecular formula is C19H19F3N6. The number of benzene rings is 1. The quantitative estimate of drug-likeness (QED) is 0.683. The molecule has 0 unspecified atom stereocenters. The summed E-state index contributed by atoms with van der Waals surface area (Å²) in [4.78, 5) is 10.7. The maximum atomic E-state index is 13.5. The molecule has 2 aromatic heterocycles. The number of H-pyrrole nitrogens is 1. The number of anilines is 3. The molecule has 28 heavy (non-hydrogen) atoms. The number of rotatable bonds is 4. The molecule has 9 heteroatoms. The van der Waals surface area contributed by atoms with Gasteiger partial charge in [0.15, 0.2) is 0 Å². The van der Waals surface area contributed by atoms with Crippen molar-refractivity contribution < 1.29 is 13.2 Å². The predicted molar refractivity (Wildman–Crippen MR) is 100 cm³/mol. The monoisotopic (exact) mass is 388 g/mol. The van der Waals surface area contributed by atoms with Gasteiger partial charge in [-0.15, -0.1) is 0 Å². The molecule has 2 N–H and O–H groups in total. The fourth-order valence-electron chi connectivity index (χ4n) is 3.37. The summed E-state index contributed by atoms with van der Waals surface area (Å²) in [5.41, 5.74) is 0.204. The average Bonchev–Trinajstić information content (AvgIpc) is 3.21. The number of hydrogen-bond acceptors (Lipinski definition) is 5. The molecule has 3 heterocycles. The third-order valence-electron chi connectivity index (χ3n) is 4.68. The molecule has 1 aliphatic heterocycles. The van der Waals surface area contributed by atoms with Crippen LogP contribution in [0.4, 0.5) is 30.6 Å². The Kier molecular flexibility index (Phi) is 4.89. The number of alkyl halides is 3. The van der Waals surface area contributed by atoms with Crippen molar-refractivity contribution in [1.29, 1.82) is 0 Å². The Morgan fingerprint density at radius 3 is 2.54 bits per heavy atom. The Hall–Kier alpha value is -3.10. The zero-order valence-corrected chi connectivity index (χ0v) is 15.0. The normalized spacial score (nSPS) is 14.9. The molecule has 0 spiro atoms. The van der Waals surface area contributed by atoms with E-state index in [1.807, 2.05) is 6.07 Å². The van der Waals surface area contributed by atoms with Crippen molar-refractivity contribution in [3.63, 3.8) is 0 Å². The second-order valence-electron chi connectivity index (χ2n) is 6.65. The number of piperidine rings is 1. The summed E-state index contributed by atoms with van der Waals surface area (Å²) < 4.78 is 40.6. The lowest BCUT2D eigenvalue weighted by atomic mass is 10.0. The lowest BCUT2D eigenvalue weighted by molar-refractivity contribution is -0.137. The number of pyridine rings is 1. The largest absolute Gasteiger partial charge is 0.417 e. The lowest BCUT2D eigenvalue weighted by Crippen LogP contribution is -2.30. The van der Waals surface area contributed by atoms with Gasteiger partial charge in [-0.1, -0.05) is 18.2 Å². The molecular weight excluding hydrogens is 369 g/mol. The lowest BCUT2D eigenvalue weighted by Gasteiger charge is -2.28. The first-order valence-electron chi connectivity index (χ1n) is 9.07. The van der Waals surface area contributed by atoms with Crippen LogP contribution in [0.1, 0.15) is 24.8 Å². The minimum Gasteiger partial charge on any atom is -0.357 e. The number of halogens is 3. The van der Waals surface area contributed by atoms with Crippen molar-refractivity contribution >= 4 is 17.5 Å². The average molecular weight is 388 g/mol. The molecule has 1 aliphatic rings. The van der Waals surface area contributed by atoms with Crippen molar-refractivity contribution in [2.75, 3.05) is 23.3 Å². The molecule has 0 radical (unpaired) electrons. The van der Waals surface area contributed by atoms with E-state index in [0.717, 1.165) is 38.4 Å². The summed E-state index contributed by atoms with van der Waals surface area (Å²) in [7, 11) is 0. The SMILES string of the molecule is FC(F)(F)c1ccccc1-c1cc(Nc2ncn[nH]2)cc(N2CCCCC2)n1. The van der Waals surface area contributed by atoms with Gasteiger partial charge in [0.25, 0.3) is 0 Å². The van der Waals surface area contributed by atoms with Gasteiger partial charge in [-0.05, 0) is 31.4 Å². The molecule has 0 amide bonds. The molecule has 0 bridgehead atoms. The van der Waals surface area contributed by atoms with Crippen molar-refractivity contribution in [2.24, 2.45) is 0 Å². The molecule has 4 rings (SSSR count). The van der Waals surface area contributed by atoms with E-state index in [0.29, 0.717) is 17.5 Å². The van der Waals surface area contributed by atoms with Crippen LogP contribution in [0.3, 0.4) is 0 Å². The minimum absolute atomic E-state index is 0.0504. The van der Waals surface area contributed by atoms with Gasteiger partial charge in [0, 0.05) is 30.4 Å². The van der Waals surface area contributed by atoms with Gasteiger partial charge in [-0.3, -0.25) is 0 Å². The summed E-state index contributed by atoms with van der Waals surface area (Å²) in [6, 6.07) is 8.92. The third kappa shape index (κ3) is 3.92. The Balaban J connectivity index is 1.80. The second-order valence-corrected chi connectivity index (χ2v) is 6.65. The van der Waals surface area contributed by atoms with E-state index < -0.39 is 11.7 Å². The van der Waals surface area contributed by atoms with Gasteiger partial charge in [-0.25, -0.2) is 10.1 Å². The molecule has 1 saturated heterocycles. The van der Waals surface area contributed by atoms with E-state index in [1.165, 1.54) is 18.5 Å². The van der Waals surface area contributed by atoms with Crippen LogP contribution in [0.5, 0.6) is 0 Å². The highest BCUT2D eigenvalue weighted by molar-refractivity contribution is 5.72. The Morgan fingerprint density at radius 1 is 1.04 bits per heavy atom. The van der Waals surface area contributed by atoms with Crippen LogP contribution in [0.25, 0.3) is 11.3 Å². The summed E-state index contributed by atoms with van der Waals surface area (Å²) in [6.07, 6.45) is 0.120. The van der Waals surface area contributed by atoms with E-state index in [4.69, 9.17) is 0 Å². The Morgan fingerprint density at radius 2 is 1.82 bits per heavy atom. The third-order valence-corrected chi connectivity index (χ3v) is 4.68. The fraction of sp³-hybridized carbons (Fsp3) is 0.316. The number of hydrogen-bond donors (Lipinski definition) is 2. The first kappa shape index (κ1) is 18.3. The molecule has 146 valence electrons. The maximum Gasteiger partial charge on any atom is 0.417 e. The van der Waals surface area contributed by atoms with E-state index in [-0.39, 0.29) is 11.3 Å². The van der Waals surface area contributed by atoms with Gasteiger partial charge < -0.3 is 10.2 Å². The zero-order valence-electron chi connectivity index (χ0n) is 15.0. The predicted octanol–water partition coefficient (Wildman–Crippen LogP) is 4.62. The molecule has 6 nitrogen and oxygen atoms in total. The van der Waals surface area contributed by atoms with Crippen LogP contribution in [-0.4, -0.2) is 33.3 Å². The van der Waals surface area contributed by atoms with Crippen molar-refractivity contribution in [1.82, 2.24) is 20.2 Å². The molecule has 0 saturated carbocycles. The first-order valence-corrected chi connectivity index (χ1v) is 9.07. The van der Waals surface area contributed by atoms with Crippen LogP contribution < -0.4 is 10.2 Å². The van der Waals surface area contributed by atoms with E-state index in [9.17, 15) is 13.2 Å². The molecule has 3 aromatic rings. The smallest absolute Gasteiger partial charge is 0.357 e. The first-order chi connectivity index (χ1) is 13.5. The highest BCUT2D eigenvalue weighted by atomic mass is 19.4. The molecule has 0 atom stereocenters. The van der Waals surface area contributed by atoms with Crippen molar-refractivity contribution in [3.05, 3.63) is 48.3 Å². The number of nitrogens with one attached hydrogen (secondary N) is 2. The highest BCUT2D eigenvalue weighted by Crippen LogP contribution is 2.38. The fourth-order valence-corrected chi connectivity index (χ4v) is 3.37. The highest BCUT2D eigenvalue weighted by Gasteiger charge is 2.34. The van der Waals surface area contributed by atoms with Crippen LogP contribution in [0, 0.1) is 0 Å². The van der Waals surface area contributed by atoms with Crippen LogP contribution in [0.2, 0.25) is 0 Å². The van der Waals surface area contributed by atoms with E-state index >= 15 is 0 Å². The van der Waals surface area contributed by atoms with E-state index in [2.05, 4.69) is 30.4 Å². The van der Waals surface area contributed by atoms with Crippen molar-refractivity contribution in [3.8, 4) is 11.3 Å². The summed E-state index contributed by atoms with van der Waals surface area (Å²) in [6.45, 7) is 1.66. The zero-order chi connectivity index (χ0) is 19.6. The van der Waals surface area contributed by atoms with Gasteiger partial charge in [-0.2, -0.15) is 23.3 Å². The summed E-state index contributed by atoms with van der Waals surface area (Å²) in [5.74, 6) is 1.06. The molecule has 0 aliphatic carbocycles. The summed E-state index contributed by atoms with van der Waals surface area (Å²) in [5, 5.41) is 9.53. The van der Waals surface area contributed by atoms with Crippen LogP contribution >= 0.6 is 0 Å². The Bertz CT molecular complexity index is 933. The standard InChI is InChI=1S/C19H19F3N6/c20-19(21,22)15-7-3-2-6-14(15)16-10-13(25-18-23-12-24-27-18)11-17(26-16)28-8-4-1-5-9-28/h2-3,6-7,10-12H,1,4-5,8-9H2,(H2,23,24,25,26,27). The summed E-state index contributed by atoms with van der Waals surface area (Å²) >= 11 is 0. The topological polar surface area (TPSA) is 69.7 Å².